The molecule has 0 saturated heterocycles. The van der Waals surface area contributed by atoms with Gasteiger partial charge in [-0.25, -0.2) is 0 Å². The predicted octanol–water partition coefficient (Wildman–Crippen LogP) is 6.52. The van der Waals surface area contributed by atoms with Crippen LogP contribution >= 0.6 is 0 Å². The van der Waals surface area contributed by atoms with Gasteiger partial charge >= 0.3 is 0 Å². The molecule has 0 heteroatoms. The van der Waals surface area contributed by atoms with Crippen LogP contribution in [0.1, 0.15) is 74.1 Å². The van der Waals surface area contributed by atoms with Gasteiger partial charge in [0.05, 0.1) is 0 Å². The van der Waals surface area contributed by atoms with Crippen molar-refractivity contribution < 1.29 is 0 Å². The predicted molar refractivity (Wildman–Crippen MR) is 100 cm³/mol. The fraction of sp³-hybridized carbons (Fsp3) is 0.478. The minimum Gasteiger partial charge on any atom is -0.0654 e. The highest BCUT2D eigenvalue weighted by molar-refractivity contribution is 5.45. The first-order valence-electron chi connectivity index (χ1n) is 9.50. The molecule has 0 aliphatic heterocycles. The van der Waals surface area contributed by atoms with Crippen LogP contribution < -0.4 is 0 Å². The Bertz CT molecular complexity index is 578. The van der Waals surface area contributed by atoms with Crippen molar-refractivity contribution in [3.8, 4) is 0 Å². The summed E-state index contributed by atoms with van der Waals surface area (Å²) in [6, 6.07) is 18.4. The quantitative estimate of drug-likeness (QED) is 0.533. The smallest absolute Gasteiger partial charge is 0.0123 e. The van der Waals surface area contributed by atoms with Gasteiger partial charge in [0.25, 0.3) is 0 Å². The van der Waals surface area contributed by atoms with E-state index in [0.29, 0.717) is 5.92 Å². The molecule has 2 aromatic carbocycles. The van der Waals surface area contributed by atoms with Crippen molar-refractivity contribution in [1.29, 1.82) is 0 Å². The molecule has 0 N–H and O–H groups in total. The molecule has 0 heterocycles. The molecule has 1 aliphatic rings. The molecule has 0 fully saturated rings. The molecular weight excluding hydrogens is 276 g/mol. The Labute approximate surface area is 141 Å². The summed E-state index contributed by atoms with van der Waals surface area (Å²) in [4.78, 5) is 0. The largest absolute Gasteiger partial charge is 0.0654 e. The first-order chi connectivity index (χ1) is 11.3. The maximum absolute atomic E-state index is 2.39. The molecule has 0 nitrogen and oxygen atoms in total. The summed E-state index contributed by atoms with van der Waals surface area (Å²) in [5.41, 5.74) is 6.34. The van der Waals surface area contributed by atoms with Gasteiger partial charge in [0.1, 0.15) is 0 Å². The van der Waals surface area contributed by atoms with Crippen molar-refractivity contribution in [2.24, 2.45) is 5.92 Å². The van der Waals surface area contributed by atoms with Gasteiger partial charge < -0.3 is 0 Å². The number of benzene rings is 2. The molecule has 0 radical (unpaired) electrons. The summed E-state index contributed by atoms with van der Waals surface area (Å²) in [6.07, 6.45) is 9.06. The van der Waals surface area contributed by atoms with E-state index in [1.807, 2.05) is 0 Å². The fourth-order valence-electron chi connectivity index (χ4n) is 4.34. The van der Waals surface area contributed by atoms with E-state index >= 15 is 0 Å². The average molecular weight is 306 g/mol. The Morgan fingerprint density at radius 1 is 0.826 bits per heavy atom. The summed E-state index contributed by atoms with van der Waals surface area (Å²) in [5, 5.41) is 0. The number of rotatable bonds is 6. The maximum atomic E-state index is 2.39. The van der Waals surface area contributed by atoms with Crippen molar-refractivity contribution in [2.75, 3.05) is 0 Å². The van der Waals surface area contributed by atoms with Crippen LogP contribution in [0.15, 0.2) is 48.5 Å². The van der Waals surface area contributed by atoms with Gasteiger partial charge in [-0.05, 0) is 47.4 Å². The van der Waals surface area contributed by atoms with Crippen LogP contribution in [0.3, 0.4) is 0 Å². The highest BCUT2D eigenvalue weighted by Gasteiger charge is 2.28. The molecular formula is C23H30. The SMILES string of the molecule is CCCCC[C@H](CC)C1c2ccccc2CCc2ccccc21. The Hall–Kier alpha value is -1.56. The van der Waals surface area contributed by atoms with E-state index in [-0.39, 0.29) is 0 Å². The number of hydrogen-bond donors (Lipinski definition) is 0. The average Bonchev–Trinajstić information content (AvgIpc) is 2.76. The Morgan fingerprint density at radius 2 is 1.39 bits per heavy atom. The monoisotopic (exact) mass is 306 g/mol. The molecule has 1 atom stereocenters. The van der Waals surface area contributed by atoms with Crippen LogP contribution in [0.25, 0.3) is 0 Å². The van der Waals surface area contributed by atoms with Gasteiger partial charge in [0.2, 0.25) is 0 Å². The molecule has 0 unspecified atom stereocenters. The van der Waals surface area contributed by atoms with Crippen LogP contribution in [0.2, 0.25) is 0 Å². The van der Waals surface area contributed by atoms with Crippen LogP contribution in [-0.2, 0) is 12.8 Å². The van der Waals surface area contributed by atoms with Crippen molar-refractivity contribution >= 4 is 0 Å². The first kappa shape index (κ1) is 16.3. The van der Waals surface area contributed by atoms with Crippen molar-refractivity contribution in [3.63, 3.8) is 0 Å². The second-order valence-electron chi connectivity index (χ2n) is 7.04. The van der Waals surface area contributed by atoms with Gasteiger partial charge in [-0.15, -0.1) is 0 Å². The minimum atomic E-state index is 0.590. The lowest BCUT2D eigenvalue weighted by atomic mass is 9.75. The third-order valence-corrected chi connectivity index (χ3v) is 5.62. The molecule has 0 bridgehead atoms. The maximum Gasteiger partial charge on any atom is 0.0123 e. The lowest BCUT2D eigenvalue weighted by Crippen LogP contribution is -2.15. The van der Waals surface area contributed by atoms with Gasteiger partial charge in [-0.1, -0.05) is 88.1 Å². The van der Waals surface area contributed by atoms with Crippen molar-refractivity contribution in [2.45, 2.75) is 64.7 Å². The van der Waals surface area contributed by atoms with E-state index in [4.69, 9.17) is 0 Å². The molecule has 0 spiro atoms. The van der Waals surface area contributed by atoms with E-state index in [2.05, 4.69) is 62.4 Å². The van der Waals surface area contributed by atoms with E-state index in [1.165, 1.54) is 44.9 Å². The van der Waals surface area contributed by atoms with Crippen LogP contribution in [-0.4, -0.2) is 0 Å². The summed E-state index contributed by atoms with van der Waals surface area (Å²) in [7, 11) is 0. The van der Waals surface area contributed by atoms with E-state index in [1.54, 1.807) is 22.3 Å². The highest BCUT2D eigenvalue weighted by Crippen LogP contribution is 2.42. The Balaban J connectivity index is 2.02. The van der Waals surface area contributed by atoms with Crippen LogP contribution in [0.5, 0.6) is 0 Å². The van der Waals surface area contributed by atoms with E-state index in [9.17, 15) is 0 Å². The Morgan fingerprint density at radius 3 is 1.91 bits per heavy atom. The fourth-order valence-corrected chi connectivity index (χ4v) is 4.34. The number of aryl methyl sites for hydroxylation is 2. The summed E-state index contributed by atoms with van der Waals surface area (Å²) in [6.45, 7) is 4.68. The zero-order valence-electron chi connectivity index (χ0n) is 14.7. The van der Waals surface area contributed by atoms with Crippen LogP contribution in [0, 0.1) is 5.92 Å². The third-order valence-electron chi connectivity index (χ3n) is 5.62. The highest BCUT2D eigenvalue weighted by atomic mass is 14.3. The lowest BCUT2D eigenvalue weighted by Gasteiger charge is -2.29. The van der Waals surface area contributed by atoms with Crippen LogP contribution in [0.4, 0.5) is 0 Å². The normalized spacial score (nSPS) is 15.6. The van der Waals surface area contributed by atoms with E-state index < -0.39 is 0 Å². The second kappa shape index (κ2) is 7.81. The van der Waals surface area contributed by atoms with Gasteiger partial charge in [-0.3, -0.25) is 0 Å². The molecule has 23 heavy (non-hydrogen) atoms. The van der Waals surface area contributed by atoms with Crippen molar-refractivity contribution in [3.05, 3.63) is 70.8 Å². The zero-order chi connectivity index (χ0) is 16.1. The molecule has 1 aliphatic carbocycles. The number of fused-ring (bicyclic) bond motifs is 2. The van der Waals surface area contributed by atoms with Gasteiger partial charge in [-0.2, -0.15) is 0 Å². The summed E-state index contributed by atoms with van der Waals surface area (Å²) >= 11 is 0. The summed E-state index contributed by atoms with van der Waals surface area (Å²) < 4.78 is 0. The molecule has 0 amide bonds. The topological polar surface area (TPSA) is 0 Å². The number of unbranched alkanes of at least 4 members (excludes halogenated alkanes) is 2. The van der Waals surface area contributed by atoms with E-state index in [0.717, 1.165) is 5.92 Å². The molecule has 2 aromatic rings. The van der Waals surface area contributed by atoms with Crippen molar-refractivity contribution in [1.82, 2.24) is 0 Å². The lowest BCUT2D eigenvalue weighted by molar-refractivity contribution is 0.401. The second-order valence-corrected chi connectivity index (χ2v) is 7.04. The first-order valence-corrected chi connectivity index (χ1v) is 9.50. The van der Waals surface area contributed by atoms with Gasteiger partial charge in [0, 0.05) is 5.92 Å². The third kappa shape index (κ3) is 3.52. The minimum absolute atomic E-state index is 0.590. The Kier molecular flexibility index (Phi) is 5.54. The standard InChI is InChI=1S/C23H30/c1-3-5-6-11-18(4-2)23-21-14-9-7-12-19(21)16-17-20-13-8-10-15-22(20)23/h7-10,12-15,18,23H,3-6,11,16-17H2,1-2H3/t18-/m0/s1. The molecule has 0 aromatic heterocycles. The van der Waals surface area contributed by atoms with Gasteiger partial charge in [0.15, 0.2) is 0 Å². The summed E-state index contributed by atoms with van der Waals surface area (Å²) in [5.74, 6) is 1.36. The molecule has 0 saturated carbocycles. The molecule has 122 valence electrons. The zero-order valence-corrected chi connectivity index (χ0v) is 14.7. The molecule has 3 rings (SSSR count). The number of hydrogen-bond acceptors (Lipinski definition) is 0.